The van der Waals surface area contributed by atoms with E-state index in [0.29, 0.717) is 0 Å². The maximum atomic E-state index is 11.4. The summed E-state index contributed by atoms with van der Waals surface area (Å²) in [4.78, 5) is 21.8. The first-order valence-electron chi connectivity index (χ1n) is 5.84. The zero-order chi connectivity index (χ0) is 14.4. The summed E-state index contributed by atoms with van der Waals surface area (Å²) in [6.07, 6.45) is 1.38. The monoisotopic (exact) mass is 263 g/mol. The van der Waals surface area contributed by atoms with Gasteiger partial charge in [0, 0.05) is 6.08 Å². The van der Waals surface area contributed by atoms with Crippen LogP contribution in [0.25, 0.3) is 6.08 Å². The van der Waals surface area contributed by atoms with Gasteiger partial charge in [-0.05, 0) is 31.1 Å². The number of carbonyl (C=O) groups excluding carboxylic acids is 1. The number of benzene rings is 1. The van der Waals surface area contributed by atoms with E-state index >= 15 is 0 Å². The fraction of sp³-hybridized carbons (Fsp3) is 0.286. The third kappa shape index (κ3) is 4.93. The number of rotatable bonds is 5. The van der Waals surface area contributed by atoms with Crippen LogP contribution in [0.1, 0.15) is 16.7 Å². The van der Waals surface area contributed by atoms with E-state index in [1.165, 1.54) is 6.08 Å². The van der Waals surface area contributed by atoms with Gasteiger partial charge in [0.15, 0.2) is 6.10 Å². The zero-order valence-electron chi connectivity index (χ0n) is 10.9. The van der Waals surface area contributed by atoms with Gasteiger partial charge in [-0.1, -0.05) is 23.8 Å². The number of carboxylic acid groups (broad SMARTS) is 1. The number of aryl methyl sites for hydroxylation is 2. The first-order chi connectivity index (χ1) is 8.90. The molecule has 0 heterocycles. The van der Waals surface area contributed by atoms with Crippen molar-refractivity contribution >= 4 is 18.0 Å². The summed E-state index contributed by atoms with van der Waals surface area (Å²) in [5.74, 6) is -1.81. The summed E-state index contributed by atoms with van der Waals surface area (Å²) >= 11 is 0. The SMILES string of the molecule is Cc1ccc(C=CC(=O)NCC(O)C(=O)O)c(C)c1. The molecule has 1 aromatic carbocycles. The summed E-state index contributed by atoms with van der Waals surface area (Å²) in [5, 5.41) is 19.8. The van der Waals surface area contributed by atoms with Crippen LogP contribution < -0.4 is 5.32 Å². The number of carbonyl (C=O) groups is 2. The molecule has 0 aliphatic carbocycles. The van der Waals surface area contributed by atoms with E-state index in [-0.39, 0.29) is 6.54 Å². The molecular weight excluding hydrogens is 246 g/mol. The highest BCUT2D eigenvalue weighted by atomic mass is 16.4. The number of carboxylic acids is 1. The van der Waals surface area contributed by atoms with Crippen LogP contribution >= 0.6 is 0 Å². The third-order valence-electron chi connectivity index (χ3n) is 2.59. The van der Waals surface area contributed by atoms with Crippen molar-refractivity contribution in [2.75, 3.05) is 6.54 Å². The Morgan fingerprint density at radius 1 is 1.37 bits per heavy atom. The average molecular weight is 263 g/mol. The molecule has 0 radical (unpaired) electrons. The van der Waals surface area contributed by atoms with Gasteiger partial charge in [-0.3, -0.25) is 4.79 Å². The molecule has 0 spiro atoms. The van der Waals surface area contributed by atoms with Crippen molar-refractivity contribution < 1.29 is 19.8 Å². The Balaban J connectivity index is 2.56. The Hall–Kier alpha value is -2.14. The van der Waals surface area contributed by atoms with Gasteiger partial charge in [-0.25, -0.2) is 4.79 Å². The van der Waals surface area contributed by atoms with Crippen LogP contribution in [0.2, 0.25) is 0 Å². The molecule has 1 atom stereocenters. The van der Waals surface area contributed by atoms with E-state index < -0.39 is 18.0 Å². The number of hydrogen-bond donors (Lipinski definition) is 3. The molecule has 102 valence electrons. The fourth-order valence-electron chi connectivity index (χ4n) is 1.52. The van der Waals surface area contributed by atoms with Crippen molar-refractivity contribution in [1.82, 2.24) is 5.32 Å². The van der Waals surface area contributed by atoms with Gasteiger partial charge in [-0.15, -0.1) is 0 Å². The lowest BCUT2D eigenvalue weighted by Crippen LogP contribution is -2.35. The normalized spacial score (nSPS) is 12.4. The molecule has 1 unspecified atom stereocenters. The number of amides is 1. The van der Waals surface area contributed by atoms with Crippen LogP contribution in [-0.2, 0) is 9.59 Å². The van der Waals surface area contributed by atoms with Crippen LogP contribution in [0.5, 0.6) is 0 Å². The Labute approximate surface area is 111 Å². The molecule has 0 aromatic heterocycles. The van der Waals surface area contributed by atoms with Crippen molar-refractivity contribution in [3.05, 3.63) is 41.0 Å². The third-order valence-corrected chi connectivity index (χ3v) is 2.59. The van der Waals surface area contributed by atoms with E-state index in [9.17, 15) is 9.59 Å². The first-order valence-corrected chi connectivity index (χ1v) is 5.84. The van der Waals surface area contributed by atoms with Gasteiger partial charge in [0.05, 0.1) is 6.54 Å². The second-order valence-electron chi connectivity index (χ2n) is 4.29. The van der Waals surface area contributed by atoms with E-state index in [2.05, 4.69) is 5.32 Å². The Bertz CT molecular complexity index is 508. The van der Waals surface area contributed by atoms with Crippen molar-refractivity contribution in [2.45, 2.75) is 20.0 Å². The predicted octanol–water partition coefficient (Wildman–Crippen LogP) is 0.878. The summed E-state index contributed by atoms with van der Waals surface area (Å²) in [7, 11) is 0. The smallest absolute Gasteiger partial charge is 0.334 e. The summed E-state index contributed by atoms with van der Waals surface area (Å²) in [6.45, 7) is 3.62. The quantitative estimate of drug-likeness (QED) is 0.688. The maximum absolute atomic E-state index is 11.4. The predicted molar refractivity (Wildman–Crippen MR) is 71.6 cm³/mol. The Morgan fingerprint density at radius 2 is 2.05 bits per heavy atom. The molecule has 5 nitrogen and oxygen atoms in total. The summed E-state index contributed by atoms with van der Waals surface area (Å²) in [6, 6.07) is 5.85. The van der Waals surface area contributed by atoms with Crippen molar-refractivity contribution in [3.8, 4) is 0 Å². The van der Waals surface area contributed by atoms with Gasteiger partial charge in [0.1, 0.15) is 0 Å². The molecule has 19 heavy (non-hydrogen) atoms. The van der Waals surface area contributed by atoms with E-state index in [0.717, 1.165) is 16.7 Å². The molecule has 1 amide bonds. The Morgan fingerprint density at radius 3 is 2.63 bits per heavy atom. The zero-order valence-corrected chi connectivity index (χ0v) is 10.9. The van der Waals surface area contributed by atoms with Crippen molar-refractivity contribution in [2.24, 2.45) is 0 Å². The van der Waals surface area contributed by atoms with Crippen LogP contribution in [-0.4, -0.2) is 34.7 Å². The highest BCUT2D eigenvalue weighted by Gasteiger charge is 2.12. The molecule has 0 saturated carbocycles. The number of aliphatic hydroxyl groups excluding tert-OH is 1. The van der Waals surface area contributed by atoms with E-state index in [1.807, 2.05) is 32.0 Å². The van der Waals surface area contributed by atoms with Gasteiger partial charge >= 0.3 is 5.97 Å². The largest absolute Gasteiger partial charge is 0.479 e. The highest BCUT2D eigenvalue weighted by Crippen LogP contribution is 2.11. The molecule has 5 heteroatoms. The van der Waals surface area contributed by atoms with Gasteiger partial charge in [0.2, 0.25) is 5.91 Å². The molecule has 0 aliphatic rings. The van der Waals surface area contributed by atoms with Crippen molar-refractivity contribution in [3.63, 3.8) is 0 Å². The number of aliphatic hydroxyl groups is 1. The van der Waals surface area contributed by atoms with Gasteiger partial charge in [-0.2, -0.15) is 0 Å². The number of aliphatic carboxylic acids is 1. The molecular formula is C14H17NO4. The van der Waals surface area contributed by atoms with Crippen LogP contribution in [0.3, 0.4) is 0 Å². The number of hydrogen-bond acceptors (Lipinski definition) is 3. The van der Waals surface area contributed by atoms with Gasteiger partial charge in [0.25, 0.3) is 0 Å². The minimum absolute atomic E-state index is 0.314. The van der Waals surface area contributed by atoms with Crippen LogP contribution in [0, 0.1) is 13.8 Å². The fourth-order valence-corrected chi connectivity index (χ4v) is 1.52. The minimum Gasteiger partial charge on any atom is -0.479 e. The van der Waals surface area contributed by atoms with Crippen LogP contribution in [0.4, 0.5) is 0 Å². The topological polar surface area (TPSA) is 86.6 Å². The molecule has 0 aliphatic heterocycles. The lowest BCUT2D eigenvalue weighted by molar-refractivity contribution is -0.146. The second kappa shape index (κ2) is 6.70. The minimum atomic E-state index is -1.58. The first kappa shape index (κ1) is 14.9. The molecule has 1 rings (SSSR count). The highest BCUT2D eigenvalue weighted by molar-refractivity contribution is 5.92. The standard InChI is InChI=1S/C14H17NO4/c1-9-3-4-11(10(2)7-9)5-6-13(17)15-8-12(16)14(18)19/h3-7,12,16H,8H2,1-2H3,(H,15,17)(H,18,19). The Kier molecular flexibility index (Phi) is 5.26. The summed E-state index contributed by atoms with van der Waals surface area (Å²) in [5.41, 5.74) is 3.11. The van der Waals surface area contributed by atoms with Crippen LogP contribution in [0.15, 0.2) is 24.3 Å². The van der Waals surface area contributed by atoms with E-state index in [1.54, 1.807) is 6.08 Å². The molecule has 3 N–H and O–H groups in total. The lowest BCUT2D eigenvalue weighted by Gasteiger charge is -2.05. The molecule has 0 saturated heterocycles. The maximum Gasteiger partial charge on any atom is 0.334 e. The second-order valence-corrected chi connectivity index (χ2v) is 4.29. The van der Waals surface area contributed by atoms with Crippen molar-refractivity contribution in [1.29, 1.82) is 0 Å². The van der Waals surface area contributed by atoms with E-state index in [4.69, 9.17) is 10.2 Å². The van der Waals surface area contributed by atoms with Gasteiger partial charge < -0.3 is 15.5 Å². The molecule has 0 fully saturated rings. The molecule has 0 bridgehead atoms. The molecule has 1 aromatic rings. The lowest BCUT2D eigenvalue weighted by atomic mass is 10.1. The number of nitrogens with one attached hydrogen (secondary N) is 1. The average Bonchev–Trinajstić information content (AvgIpc) is 2.34. The summed E-state index contributed by atoms with van der Waals surface area (Å²) < 4.78 is 0.